The Morgan fingerprint density at radius 2 is 0.727 bits per heavy atom. The van der Waals surface area contributed by atoms with Gasteiger partial charge < -0.3 is 4.42 Å². The summed E-state index contributed by atoms with van der Waals surface area (Å²) in [5.41, 5.74) is 8.84. The topological polar surface area (TPSA) is 51.8 Å². The number of fused-ring (bicyclic) bond motifs is 10. The van der Waals surface area contributed by atoms with Gasteiger partial charge in [0.25, 0.3) is 0 Å². The van der Waals surface area contributed by atoms with Gasteiger partial charge in [-0.15, -0.1) is 0 Å². The molecule has 0 aliphatic carbocycles. The fourth-order valence-corrected chi connectivity index (χ4v) is 8.14. The molecule has 0 atom stereocenters. The van der Waals surface area contributed by atoms with Crippen LogP contribution in [0.5, 0.6) is 0 Å². The van der Waals surface area contributed by atoms with Crippen LogP contribution in [0.2, 0.25) is 0 Å². The van der Waals surface area contributed by atoms with E-state index in [0.29, 0.717) is 17.5 Å². The first kappa shape index (κ1) is 31.1. The van der Waals surface area contributed by atoms with Gasteiger partial charge in [-0.1, -0.05) is 158 Å². The van der Waals surface area contributed by atoms with Crippen molar-refractivity contribution in [1.82, 2.24) is 15.0 Å². The molecule has 0 aliphatic heterocycles. The van der Waals surface area contributed by atoms with Gasteiger partial charge in [-0.2, -0.15) is 0 Å². The summed E-state index contributed by atoms with van der Waals surface area (Å²) in [4.78, 5) is 15.3. The van der Waals surface area contributed by atoms with Crippen molar-refractivity contribution in [2.45, 2.75) is 0 Å². The number of aromatic nitrogens is 3. The van der Waals surface area contributed by atoms with Crippen molar-refractivity contribution in [3.05, 3.63) is 188 Å². The van der Waals surface area contributed by atoms with Crippen LogP contribution in [-0.2, 0) is 0 Å². The molecule has 0 aliphatic rings. The first-order valence-corrected chi connectivity index (χ1v) is 18.5. The van der Waals surface area contributed by atoms with Crippen molar-refractivity contribution in [2.24, 2.45) is 0 Å². The van der Waals surface area contributed by atoms with Crippen molar-refractivity contribution in [3.63, 3.8) is 0 Å². The van der Waals surface area contributed by atoms with E-state index in [1.54, 1.807) is 0 Å². The minimum atomic E-state index is 0.609. The molecule has 2 aromatic heterocycles. The second-order valence-electron chi connectivity index (χ2n) is 13.9. The standard InChI is InChI=1S/C51H31N3O/c1-4-16-32(17-5-1)35-28-36(30-37(29-35)51-53-49(33-18-6-2-7-19-33)52-50(54-51)34-20-8-3-9-21-34)43-31-44-40-24-11-10-22-38(40)39-23-12-13-25-41(39)46(44)48-47(43)42-26-14-15-27-45(42)55-48/h1-31H. The molecule has 256 valence electrons. The van der Waals surface area contributed by atoms with Crippen LogP contribution in [0.4, 0.5) is 0 Å². The van der Waals surface area contributed by atoms with E-state index in [-0.39, 0.29) is 0 Å². The zero-order valence-electron chi connectivity index (χ0n) is 29.6. The Morgan fingerprint density at radius 1 is 0.291 bits per heavy atom. The Bertz CT molecular complexity index is 3190. The summed E-state index contributed by atoms with van der Waals surface area (Å²) in [7, 11) is 0. The number of nitrogens with zero attached hydrogens (tertiary/aromatic N) is 3. The van der Waals surface area contributed by atoms with Gasteiger partial charge in [-0.3, -0.25) is 0 Å². The van der Waals surface area contributed by atoms with E-state index in [4.69, 9.17) is 19.4 Å². The summed E-state index contributed by atoms with van der Waals surface area (Å²) >= 11 is 0. The maximum atomic E-state index is 6.91. The maximum Gasteiger partial charge on any atom is 0.164 e. The van der Waals surface area contributed by atoms with E-state index in [1.165, 1.54) is 21.5 Å². The molecule has 0 saturated heterocycles. The van der Waals surface area contributed by atoms with Crippen molar-refractivity contribution >= 4 is 54.3 Å². The van der Waals surface area contributed by atoms with E-state index in [9.17, 15) is 0 Å². The lowest BCUT2D eigenvalue weighted by Gasteiger charge is -2.16. The highest BCUT2D eigenvalue weighted by Gasteiger charge is 2.22. The van der Waals surface area contributed by atoms with Gasteiger partial charge in [0.05, 0.1) is 0 Å². The number of furan rings is 1. The number of benzene rings is 9. The monoisotopic (exact) mass is 701 g/mol. The molecule has 0 radical (unpaired) electrons. The molecule has 0 fully saturated rings. The predicted molar refractivity (Wildman–Crippen MR) is 227 cm³/mol. The molecule has 0 saturated carbocycles. The van der Waals surface area contributed by atoms with Gasteiger partial charge in [0.2, 0.25) is 0 Å². The van der Waals surface area contributed by atoms with Crippen LogP contribution in [0.1, 0.15) is 0 Å². The normalized spacial score (nSPS) is 11.6. The van der Waals surface area contributed by atoms with Gasteiger partial charge >= 0.3 is 0 Å². The minimum Gasteiger partial charge on any atom is -0.455 e. The van der Waals surface area contributed by atoms with E-state index in [1.807, 2.05) is 66.7 Å². The molecule has 4 heteroatoms. The van der Waals surface area contributed by atoms with E-state index in [2.05, 4.69) is 121 Å². The Kier molecular flexibility index (Phi) is 7.14. The number of rotatable bonds is 5. The molecular weight excluding hydrogens is 671 g/mol. The Balaban J connectivity index is 1.26. The number of hydrogen-bond acceptors (Lipinski definition) is 4. The first-order valence-electron chi connectivity index (χ1n) is 18.5. The molecule has 55 heavy (non-hydrogen) atoms. The first-order chi connectivity index (χ1) is 27.3. The second kappa shape index (κ2) is 12.6. The molecule has 2 heterocycles. The number of para-hydroxylation sites is 1. The summed E-state index contributed by atoms with van der Waals surface area (Å²) in [5, 5.41) is 9.25. The minimum absolute atomic E-state index is 0.609. The number of hydrogen-bond donors (Lipinski definition) is 0. The SMILES string of the molecule is c1ccc(-c2cc(-c3nc(-c4ccccc4)nc(-c4ccccc4)n3)cc(-c3cc4c5ccccc5c5ccccc5c4c4oc5ccccc5c34)c2)cc1. The highest BCUT2D eigenvalue weighted by molar-refractivity contribution is 6.34. The van der Waals surface area contributed by atoms with Crippen LogP contribution in [0.15, 0.2) is 192 Å². The van der Waals surface area contributed by atoms with Gasteiger partial charge in [0, 0.05) is 32.8 Å². The molecular formula is C51H31N3O. The molecule has 9 aromatic carbocycles. The zero-order valence-corrected chi connectivity index (χ0v) is 29.6. The Labute approximate surface area is 317 Å². The Hall–Kier alpha value is -7.43. The largest absolute Gasteiger partial charge is 0.455 e. The van der Waals surface area contributed by atoms with Gasteiger partial charge in [0.1, 0.15) is 11.2 Å². The van der Waals surface area contributed by atoms with Crippen LogP contribution in [-0.4, -0.2) is 15.0 Å². The summed E-state index contributed by atoms with van der Waals surface area (Å²) in [6, 6.07) is 65.7. The van der Waals surface area contributed by atoms with Crippen LogP contribution >= 0.6 is 0 Å². The molecule has 4 nitrogen and oxygen atoms in total. The van der Waals surface area contributed by atoms with Crippen LogP contribution in [0, 0.1) is 0 Å². The summed E-state index contributed by atoms with van der Waals surface area (Å²) in [6.07, 6.45) is 0. The predicted octanol–water partition coefficient (Wildman–Crippen LogP) is 13.6. The van der Waals surface area contributed by atoms with Crippen LogP contribution in [0.3, 0.4) is 0 Å². The quantitative estimate of drug-likeness (QED) is 0.168. The molecule has 0 amide bonds. The molecule has 11 aromatic rings. The summed E-state index contributed by atoms with van der Waals surface area (Å²) in [5.74, 6) is 1.86. The molecule has 11 rings (SSSR count). The third-order valence-corrected chi connectivity index (χ3v) is 10.7. The fraction of sp³-hybridized carbons (Fsp3) is 0. The third kappa shape index (κ3) is 5.19. The highest BCUT2D eigenvalue weighted by Crippen LogP contribution is 2.47. The lowest BCUT2D eigenvalue weighted by atomic mass is 9.88. The summed E-state index contributed by atoms with van der Waals surface area (Å²) < 4.78 is 6.91. The van der Waals surface area contributed by atoms with Crippen LogP contribution in [0.25, 0.3) is 111 Å². The van der Waals surface area contributed by atoms with Crippen molar-refractivity contribution < 1.29 is 4.42 Å². The lowest BCUT2D eigenvalue weighted by Crippen LogP contribution is -2.00. The third-order valence-electron chi connectivity index (χ3n) is 10.7. The van der Waals surface area contributed by atoms with Gasteiger partial charge in [-0.05, 0) is 79.5 Å². The lowest BCUT2D eigenvalue weighted by molar-refractivity contribution is 0.673. The zero-order chi connectivity index (χ0) is 36.3. The Morgan fingerprint density at radius 3 is 1.35 bits per heavy atom. The molecule has 0 bridgehead atoms. The average molecular weight is 702 g/mol. The van der Waals surface area contributed by atoms with E-state index in [0.717, 1.165) is 71.7 Å². The van der Waals surface area contributed by atoms with Gasteiger partial charge in [-0.25, -0.2) is 15.0 Å². The average Bonchev–Trinajstić information content (AvgIpc) is 3.66. The highest BCUT2D eigenvalue weighted by atomic mass is 16.3. The maximum absolute atomic E-state index is 6.91. The van der Waals surface area contributed by atoms with Crippen LogP contribution < -0.4 is 0 Å². The van der Waals surface area contributed by atoms with Crippen molar-refractivity contribution in [1.29, 1.82) is 0 Å². The summed E-state index contributed by atoms with van der Waals surface area (Å²) in [6.45, 7) is 0. The molecule has 0 spiro atoms. The van der Waals surface area contributed by atoms with Gasteiger partial charge in [0.15, 0.2) is 17.5 Å². The second-order valence-corrected chi connectivity index (χ2v) is 13.9. The van der Waals surface area contributed by atoms with E-state index < -0.39 is 0 Å². The molecule has 0 N–H and O–H groups in total. The van der Waals surface area contributed by atoms with E-state index >= 15 is 0 Å². The smallest absolute Gasteiger partial charge is 0.164 e. The molecule has 0 unspecified atom stereocenters. The fourth-order valence-electron chi connectivity index (χ4n) is 8.14. The van der Waals surface area contributed by atoms with Crippen molar-refractivity contribution in [2.75, 3.05) is 0 Å². The van der Waals surface area contributed by atoms with Crippen molar-refractivity contribution in [3.8, 4) is 56.4 Å².